The zero-order valence-electron chi connectivity index (χ0n) is 11.2. The van der Waals surface area contributed by atoms with Crippen LogP contribution >= 0.6 is 0 Å². The van der Waals surface area contributed by atoms with E-state index in [1.807, 2.05) is 0 Å². The van der Waals surface area contributed by atoms with E-state index in [4.69, 9.17) is 0 Å². The molecule has 0 unspecified atom stereocenters. The quantitative estimate of drug-likeness (QED) is 0.854. The molecule has 1 aliphatic carbocycles. The highest BCUT2D eigenvalue weighted by molar-refractivity contribution is 5.37. The number of nitrogens with one attached hydrogen (secondary N) is 2. The fourth-order valence-corrected chi connectivity index (χ4v) is 3.34. The van der Waals surface area contributed by atoms with E-state index in [0.717, 1.165) is 25.7 Å². The molecule has 0 atom stereocenters. The van der Waals surface area contributed by atoms with Crippen LogP contribution in [-0.2, 0) is 19.5 Å². The van der Waals surface area contributed by atoms with Crippen molar-refractivity contribution in [3.8, 4) is 0 Å². The van der Waals surface area contributed by atoms with Gasteiger partial charge in [-0.2, -0.15) is 0 Å². The van der Waals surface area contributed by atoms with Crippen molar-refractivity contribution >= 4 is 0 Å². The third kappa shape index (κ3) is 2.76. The molecule has 1 heterocycles. The Hall–Kier alpha value is -0.860. The molecule has 2 heteroatoms. The lowest BCUT2D eigenvalue weighted by molar-refractivity contribution is 0.372. The van der Waals surface area contributed by atoms with Gasteiger partial charge in [-0.15, -0.1) is 0 Å². The van der Waals surface area contributed by atoms with Crippen molar-refractivity contribution in [2.75, 3.05) is 6.54 Å². The summed E-state index contributed by atoms with van der Waals surface area (Å²) in [6, 6.07) is 7.55. The van der Waals surface area contributed by atoms with Crippen LogP contribution in [0.25, 0.3) is 0 Å². The average Bonchev–Trinajstić information content (AvgIpc) is 2.46. The van der Waals surface area contributed by atoms with Gasteiger partial charge in [0.15, 0.2) is 0 Å². The topological polar surface area (TPSA) is 24.1 Å². The monoisotopic (exact) mass is 244 g/mol. The van der Waals surface area contributed by atoms with Crippen molar-refractivity contribution in [1.29, 1.82) is 0 Å². The van der Waals surface area contributed by atoms with Gasteiger partial charge >= 0.3 is 0 Å². The minimum Gasteiger partial charge on any atom is -0.312 e. The number of hydrogen-bond acceptors (Lipinski definition) is 2. The maximum atomic E-state index is 3.77. The predicted molar refractivity (Wildman–Crippen MR) is 75.6 cm³/mol. The van der Waals surface area contributed by atoms with Gasteiger partial charge in [-0.1, -0.05) is 37.5 Å². The maximum Gasteiger partial charge on any atom is 0.0210 e. The van der Waals surface area contributed by atoms with E-state index < -0.39 is 0 Å². The first-order chi connectivity index (χ1) is 8.93. The molecule has 1 aliphatic heterocycles. The minimum atomic E-state index is 0.760. The highest BCUT2D eigenvalue weighted by atomic mass is 14.9. The molecule has 0 bridgehead atoms. The van der Waals surface area contributed by atoms with Gasteiger partial charge in [-0.25, -0.2) is 0 Å². The molecule has 1 saturated carbocycles. The molecule has 2 nitrogen and oxygen atoms in total. The zero-order chi connectivity index (χ0) is 12.2. The van der Waals surface area contributed by atoms with Crippen molar-refractivity contribution in [3.05, 3.63) is 34.9 Å². The summed E-state index contributed by atoms with van der Waals surface area (Å²) in [4.78, 5) is 0. The highest BCUT2D eigenvalue weighted by Crippen LogP contribution is 2.21. The van der Waals surface area contributed by atoms with Gasteiger partial charge < -0.3 is 10.6 Å². The molecule has 0 radical (unpaired) electrons. The summed E-state index contributed by atoms with van der Waals surface area (Å²) >= 11 is 0. The molecule has 1 aromatic carbocycles. The van der Waals surface area contributed by atoms with E-state index in [0.29, 0.717) is 0 Å². The van der Waals surface area contributed by atoms with Crippen molar-refractivity contribution in [2.24, 2.45) is 0 Å². The summed E-state index contributed by atoms with van der Waals surface area (Å²) in [5, 5.41) is 7.22. The van der Waals surface area contributed by atoms with Gasteiger partial charge in [0.1, 0.15) is 0 Å². The second kappa shape index (κ2) is 5.85. The highest BCUT2D eigenvalue weighted by Gasteiger charge is 2.15. The van der Waals surface area contributed by atoms with Gasteiger partial charge in [-0.3, -0.25) is 0 Å². The van der Waals surface area contributed by atoms with Gasteiger partial charge in [0.25, 0.3) is 0 Å². The van der Waals surface area contributed by atoms with E-state index in [2.05, 4.69) is 28.8 Å². The molecule has 0 spiro atoms. The summed E-state index contributed by atoms with van der Waals surface area (Å²) < 4.78 is 0. The number of hydrogen-bond donors (Lipinski definition) is 2. The van der Waals surface area contributed by atoms with Crippen LogP contribution in [0.2, 0.25) is 0 Å². The molecule has 3 rings (SSSR count). The predicted octanol–water partition coefficient (Wildman–Crippen LogP) is 2.75. The van der Waals surface area contributed by atoms with E-state index in [1.54, 1.807) is 5.56 Å². The van der Waals surface area contributed by atoms with Crippen LogP contribution < -0.4 is 10.6 Å². The molecular formula is C16H24N2. The Morgan fingerprint density at radius 2 is 2.06 bits per heavy atom. The number of rotatable bonds is 3. The van der Waals surface area contributed by atoms with E-state index in [-0.39, 0.29) is 0 Å². The normalized spacial score (nSPS) is 20.7. The average molecular weight is 244 g/mol. The lowest BCUT2D eigenvalue weighted by atomic mass is 9.93. The lowest BCUT2D eigenvalue weighted by Gasteiger charge is -2.25. The van der Waals surface area contributed by atoms with E-state index >= 15 is 0 Å². The van der Waals surface area contributed by atoms with Gasteiger partial charge in [-0.05, 0) is 42.5 Å². The Balaban J connectivity index is 1.65. The van der Waals surface area contributed by atoms with E-state index in [9.17, 15) is 0 Å². The smallest absolute Gasteiger partial charge is 0.0210 e. The van der Waals surface area contributed by atoms with Crippen molar-refractivity contribution < 1.29 is 0 Å². The standard InChI is InChI=1S/C16H24N2/c1-2-7-15(8-3-1)18-12-14-6-4-5-13-11-17-10-9-16(13)14/h4-6,15,17-18H,1-3,7-12H2. The molecule has 2 N–H and O–H groups in total. The Morgan fingerprint density at radius 3 is 2.94 bits per heavy atom. The molecular weight excluding hydrogens is 220 g/mol. The largest absolute Gasteiger partial charge is 0.312 e. The van der Waals surface area contributed by atoms with Gasteiger partial charge in [0.2, 0.25) is 0 Å². The van der Waals surface area contributed by atoms with Gasteiger partial charge in [0, 0.05) is 19.1 Å². The van der Waals surface area contributed by atoms with Crippen molar-refractivity contribution in [2.45, 2.75) is 57.7 Å². The fourth-order valence-electron chi connectivity index (χ4n) is 3.34. The third-order valence-electron chi connectivity index (χ3n) is 4.42. The molecule has 0 aromatic heterocycles. The molecule has 1 aromatic rings. The first-order valence-electron chi connectivity index (χ1n) is 7.47. The fraction of sp³-hybridized carbons (Fsp3) is 0.625. The Morgan fingerprint density at radius 1 is 1.17 bits per heavy atom. The first-order valence-corrected chi connectivity index (χ1v) is 7.47. The maximum absolute atomic E-state index is 3.77. The van der Waals surface area contributed by atoms with Gasteiger partial charge in [0.05, 0.1) is 0 Å². The summed E-state index contributed by atoms with van der Waals surface area (Å²) in [7, 11) is 0. The van der Waals surface area contributed by atoms with Crippen molar-refractivity contribution in [3.63, 3.8) is 0 Å². The summed E-state index contributed by atoms with van der Waals surface area (Å²) in [6.07, 6.45) is 8.19. The van der Waals surface area contributed by atoms with Crippen LogP contribution in [0, 0.1) is 0 Å². The van der Waals surface area contributed by atoms with Crippen LogP contribution in [0.15, 0.2) is 18.2 Å². The third-order valence-corrected chi connectivity index (χ3v) is 4.42. The number of fused-ring (bicyclic) bond motifs is 1. The van der Waals surface area contributed by atoms with Crippen LogP contribution in [0.4, 0.5) is 0 Å². The van der Waals surface area contributed by atoms with Crippen LogP contribution in [0.3, 0.4) is 0 Å². The Bertz CT molecular complexity index is 394. The Labute approximate surface area is 110 Å². The molecule has 2 aliphatic rings. The summed E-state index contributed by atoms with van der Waals surface area (Å²) in [5.74, 6) is 0. The summed E-state index contributed by atoms with van der Waals surface area (Å²) in [6.45, 7) is 3.24. The molecule has 98 valence electrons. The number of benzene rings is 1. The van der Waals surface area contributed by atoms with Crippen LogP contribution in [0.5, 0.6) is 0 Å². The van der Waals surface area contributed by atoms with Crippen molar-refractivity contribution in [1.82, 2.24) is 10.6 Å². The van der Waals surface area contributed by atoms with Crippen LogP contribution in [-0.4, -0.2) is 12.6 Å². The molecule has 0 saturated heterocycles. The van der Waals surface area contributed by atoms with Crippen LogP contribution in [0.1, 0.15) is 48.8 Å². The second-order valence-corrected chi connectivity index (χ2v) is 5.70. The molecule has 1 fully saturated rings. The zero-order valence-corrected chi connectivity index (χ0v) is 11.2. The summed E-state index contributed by atoms with van der Waals surface area (Å²) in [5.41, 5.74) is 4.63. The SMILES string of the molecule is c1cc2c(c(CNC3CCCCC3)c1)CCNC2. The molecule has 0 amide bonds. The lowest BCUT2D eigenvalue weighted by Crippen LogP contribution is -2.32. The van der Waals surface area contributed by atoms with E-state index in [1.165, 1.54) is 49.7 Å². The minimum absolute atomic E-state index is 0.760. The first kappa shape index (κ1) is 12.2. The Kier molecular flexibility index (Phi) is 3.96. The molecule has 18 heavy (non-hydrogen) atoms. The second-order valence-electron chi connectivity index (χ2n) is 5.70.